The number of hydrogen-bond acceptors (Lipinski definition) is 4. The zero-order valence-electron chi connectivity index (χ0n) is 14.9. The van der Waals surface area contributed by atoms with Crippen LogP contribution < -0.4 is 5.43 Å². The molecule has 1 saturated carbocycles. The normalized spacial score (nSPS) is 29.9. The van der Waals surface area contributed by atoms with Gasteiger partial charge in [0.05, 0.1) is 0 Å². The zero-order valence-corrected chi connectivity index (χ0v) is 14.9. The highest BCUT2D eigenvalue weighted by molar-refractivity contribution is 5.69. The smallest absolute Gasteiger partial charge is 0.410 e. The molecule has 0 spiro atoms. The van der Waals surface area contributed by atoms with E-state index < -0.39 is 5.60 Å². The van der Waals surface area contributed by atoms with E-state index in [1.54, 1.807) is 0 Å². The first kappa shape index (κ1) is 17.5. The van der Waals surface area contributed by atoms with Crippen LogP contribution in [0.4, 0.5) is 4.79 Å². The molecule has 0 aromatic carbocycles. The minimum Gasteiger partial charge on any atom is -0.444 e. The van der Waals surface area contributed by atoms with Crippen molar-refractivity contribution in [1.29, 1.82) is 0 Å². The number of nitrogens with one attached hydrogen (secondary N) is 1. The van der Waals surface area contributed by atoms with Gasteiger partial charge in [-0.1, -0.05) is 12.8 Å². The number of hydrogen-bond donors (Lipinski definition) is 1. The van der Waals surface area contributed by atoms with Gasteiger partial charge in [0.2, 0.25) is 0 Å². The molecule has 2 fully saturated rings. The van der Waals surface area contributed by atoms with Gasteiger partial charge in [0.15, 0.2) is 0 Å². The number of hydrazine groups is 1. The Bertz CT molecular complexity index is 379. The minimum absolute atomic E-state index is 0.135. The van der Waals surface area contributed by atoms with E-state index >= 15 is 0 Å². The van der Waals surface area contributed by atoms with Gasteiger partial charge in [-0.3, -0.25) is 10.4 Å². The highest BCUT2D eigenvalue weighted by Gasteiger charge is 2.41. The van der Waals surface area contributed by atoms with E-state index in [4.69, 9.17) is 4.74 Å². The lowest BCUT2D eigenvalue weighted by Crippen LogP contribution is -2.53. The fourth-order valence-corrected chi connectivity index (χ4v) is 3.90. The van der Waals surface area contributed by atoms with Gasteiger partial charge in [0.25, 0.3) is 0 Å². The Labute approximate surface area is 135 Å². The van der Waals surface area contributed by atoms with Crippen LogP contribution >= 0.6 is 0 Å². The number of ether oxygens (including phenoxy) is 1. The van der Waals surface area contributed by atoms with Gasteiger partial charge in [-0.05, 0) is 52.4 Å². The van der Waals surface area contributed by atoms with Crippen LogP contribution in [0.5, 0.6) is 0 Å². The summed E-state index contributed by atoms with van der Waals surface area (Å²) in [5, 5.41) is 2.05. The van der Waals surface area contributed by atoms with Gasteiger partial charge in [0.1, 0.15) is 5.60 Å². The zero-order chi connectivity index (χ0) is 16.3. The fraction of sp³-hybridized carbons (Fsp3) is 0.941. The van der Waals surface area contributed by atoms with Crippen LogP contribution in [0.1, 0.15) is 59.3 Å². The predicted molar refractivity (Wildman–Crippen MR) is 88.5 cm³/mol. The number of likely N-dealkylation sites (tertiary alicyclic amines) is 1. The Morgan fingerprint density at radius 3 is 2.45 bits per heavy atom. The van der Waals surface area contributed by atoms with E-state index in [-0.39, 0.29) is 6.09 Å². The molecule has 5 heteroatoms. The molecule has 0 aromatic rings. The first-order valence-corrected chi connectivity index (χ1v) is 8.71. The van der Waals surface area contributed by atoms with E-state index in [0.717, 1.165) is 19.4 Å². The van der Waals surface area contributed by atoms with Crippen LogP contribution in [-0.4, -0.2) is 54.3 Å². The summed E-state index contributed by atoms with van der Waals surface area (Å²) >= 11 is 0. The monoisotopic (exact) mass is 311 g/mol. The molecular weight excluding hydrogens is 278 g/mol. The first-order valence-electron chi connectivity index (χ1n) is 8.71. The number of rotatable bonds is 3. The second-order valence-corrected chi connectivity index (χ2v) is 7.96. The van der Waals surface area contributed by atoms with Crippen LogP contribution in [0.25, 0.3) is 0 Å². The van der Waals surface area contributed by atoms with Crippen LogP contribution in [0.3, 0.4) is 0 Å². The summed E-state index contributed by atoms with van der Waals surface area (Å²) in [6.07, 6.45) is 7.02. The Balaban J connectivity index is 2.05. The van der Waals surface area contributed by atoms with Gasteiger partial charge >= 0.3 is 6.09 Å². The average Bonchev–Trinajstić information content (AvgIpc) is 2.85. The van der Waals surface area contributed by atoms with E-state index in [0.29, 0.717) is 18.0 Å². The van der Waals surface area contributed by atoms with Crippen LogP contribution in [0.2, 0.25) is 0 Å². The molecule has 0 bridgehead atoms. The maximum Gasteiger partial charge on any atom is 0.410 e. The van der Waals surface area contributed by atoms with Crippen molar-refractivity contribution >= 4 is 6.09 Å². The summed E-state index contributed by atoms with van der Waals surface area (Å²) in [5.41, 5.74) is 3.15. The molecule has 1 heterocycles. The Hall–Kier alpha value is -0.810. The van der Waals surface area contributed by atoms with Crippen molar-refractivity contribution < 1.29 is 9.53 Å². The summed E-state index contributed by atoms with van der Waals surface area (Å²) in [7, 11) is 4.10. The molecule has 1 saturated heterocycles. The summed E-state index contributed by atoms with van der Waals surface area (Å²) in [6.45, 7) is 6.65. The quantitative estimate of drug-likeness (QED) is 0.814. The molecular formula is C17H33N3O2. The maximum atomic E-state index is 12.5. The molecule has 1 N–H and O–H groups in total. The molecule has 2 rings (SSSR count). The molecule has 3 atom stereocenters. The minimum atomic E-state index is -0.419. The van der Waals surface area contributed by atoms with Crippen molar-refractivity contribution in [2.24, 2.45) is 5.92 Å². The van der Waals surface area contributed by atoms with E-state index in [2.05, 4.69) is 10.4 Å². The first-order chi connectivity index (χ1) is 10.3. The molecule has 2 aliphatic rings. The van der Waals surface area contributed by atoms with E-state index in [1.165, 1.54) is 25.7 Å². The molecule has 0 radical (unpaired) electrons. The lowest BCUT2D eigenvalue weighted by Gasteiger charge is -2.41. The number of nitrogens with zero attached hydrogens (tertiary/aromatic N) is 2. The van der Waals surface area contributed by atoms with Gasteiger partial charge in [-0.2, -0.15) is 0 Å². The lowest BCUT2D eigenvalue weighted by molar-refractivity contribution is 0.0106. The number of carbonyl (C=O) groups excluding carboxylic acids is 1. The highest BCUT2D eigenvalue weighted by atomic mass is 16.6. The van der Waals surface area contributed by atoms with Crippen LogP contribution in [0, 0.1) is 5.92 Å². The van der Waals surface area contributed by atoms with Crippen LogP contribution in [0.15, 0.2) is 0 Å². The van der Waals surface area contributed by atoms with Gasteiger partial charge in [0, 0.05) is 32.7 Å². The van der Waals surface area contributed by atoms with Crippen molar-refractivity contribution in [3.63, 3.8) is 0 Å². The number of amides is 1. The third-order valence-corrected chi connectivity index (χ3v) is 4.66. The van der Waals surface area contributed by atoms with Gasteiger partial charge in [-0.25, -0.2) is 4.79 Å². The van der Waals surface area contributed by atoms with Gasteiger partial charge < -0.3 is 9.64 Å². The molecule has 1 amide bonds. The molecule has 3 unspecified atom stereocenters. The van der Waals surface area contributed by atoms with E-state index in [1.807, 2.05) is 39.8 Å². The molecule has 5 nitrogen and oxygen atoms in total. The van der Waals surface area contributed by atoms with Crippen molar-refractivity contribution in [1.82, 2.24) is 15.3 Å². The SMILES string of the molecule is CN(C)NC1CCCCC1C1CCCN1C(=O)OC(C)(C)C. The van der Waals surface area contributed by atoms with E-state index in [9.17, 15) is 4.79 Å². The molecule has 1 aliphatic carbocycles. The van der Waals surface area contributed by atoms with Crippen molar-refractivity contribution in [2.45, 2.75) is 77.0 Å². The predicted octanol–water partition coefficient (Wildman–Crippen LogP) is 3.01. The second kappa shape index (κ2) is 7.18. The molecule has 22 heavy (non-hydrogen) atoms. The summed E-state index contributed by atoms with van der Waals surface area (Å²) < 4.78 is 5.62. The van der Waals surface area contributed by atoms with Crippen molar-refractivity contribution in [2.75, 3.05) is 20.6 Å². The average molecular weight is 311 g/mol. The molecule has 128 valence electrons. The highest BCUT2D eigenvalue weighted by Crippen LogP contribution is 2.35. The Morgan fingerprint density at radius 2 is 1.82 bits per heavy atom. The van der Waals surface area contributed by atoms with Gasteiger partial charge in [-0.15, -0.1) is 0 Å². The molecule has 1 aliphatic heterocycles. The van der Waals surface area contributed by atoms with Crippen molar-refractivity contribution in [3.05, 3.63) is 0 Å². The third-order valence-electron chi connectivity index (χ3n) is 4.66. The topological polar surface area (TPSA) is 44.8 Å². The lowest BCUT2D eigenvalue weighted by atomic mass is 9.79. The Morgan fingerprint density at radius 1 is 1.14 bits per heavy atom. The van der Waals surface area contributed by atoms with Crippen molar-refractivity contribution in [3.8, 4) is 0 Å². The third kappa shape index (κ3) is 4.59. The maximum absolute atomic E-state index is 12.5. The Kier molecular flexibility index (Phi) is 5.72. The molecule has 0 aromatic heterocycles. The summed E-state index contributed by atoms with van der Waals surface area (Å²) in [6, 6.07) is 0.796. The number of carbonyl (C=O) groups is 1. The summed E-state index contributed by atoms with van der Waals surface area (Å²) in [5.74, 6) is 0.533. The standard InChI is InChI=1S/C17H33N3O2/c1-17(2,3)22-16(21)20-12-8-11-15(20)13-9-6-7-10-14(13)18-19(4)5/h13-15,18H,6-12H2,1-5H3. The van der Waals surface area contributed by atoms with Crippen LogP contribution in [-0.2, 0) is 4.74 Å². The fourth-order valence-electron chi connectivity index (χ4n) is 3.90. The second-order valence-electron chi connectivity index (χ2n) is 7.96. The largest absolute Gasteiger partial charge is 0.444 e. The summed E-state index contributed by atoms with van der Waals surface area (Å²) in [4.78, 5) is 14.5.